The van der Waals surface area contributed by atoms with Crippen molar-refractivity contribution >= 4 is 11.3 Å². The Morgan fingerprint density at radius 1 is 1.25 bits per heavy atom. The van der Waals surface area contributed by atoms with E-state index in [1.165, 1.54) is 28.3 Å². The first kappa shape index (κ1) is 12.4. The molecule has 4 rings (SSSR count). The fourth-order valence-corrected chi connectivity index (χ4v) is 3.72. The van der Waals surface area contributed by atoms with Crippen molar-refractivity contribution in [3.8, 4) is 5.75 Å². The van der Waals surface area contributed by atoms with Crippen LogP contribution < -0.4 is 10.1 Å². The summed E-state index contributed by atoms with van der Waals surface area (Å²) in [6, 6.07) is 9.11. The van der Waals surface area contributed by atoms with Gasteiger partial charge in [-0.3, -0.25) is 0 Å². The van der Waals surface area contributed by atoms with Crippen LogP contribution in [0.15, 0.2) is 30.5 Å². The van der Waals surface area contributed by atoms with E-state index in [2.05, 4.69) is 28.5 Å². The molecule has 4 heteroatoms. The third-order valence-corrected chi connectivity index (χ3v) is 5.08. The summed E-state index contributed by atoms with van der Waals surface area (Å²) in [5.74, 6) is 1.43. The summed E-state index contributed by atoms with van der Waals surface area (Å²) in [4.78, 5) is 6.00. The van der Waals surface area contributed by atoms with Crippen molar-refractivity contribution in [2.24, 2.45) is 0 Å². The minimum absolute atomic E-state index is 0.402. The summed E-state index contributed by atoms with van der Waals surface area (Å²) in [6.07, 6.45) is 5.73. The lowest BCUT2D eigenvalue weighted by Gasteiger charge is -2.24. The maximum Gasteiger partial charge on any atom is 0.123 e. The zero-order chi connectivity index (χ0) is 13.4. The van der Waals surface area contributed by atoms with Crippen LogP contribution >= 0.6 is 11.3 Å². The van der Waals surface area contributed by atoms with Crippen LogP contribution in [0, 0.1) is 0 Å². The highest BCUT2D eigenvalue weighted by molar-refractivity contribution is 7.11. The molecule has 0 saturated heterocycles. The molecule has 2 aromatic rings. The second-order valence-corrected chi connectivity index (χ2v) is 6.69. The molecule has 104 valence electrons. The van der Waals surface area contributed by atoms with E-state index in [1.807, 2.05) is 23.6 Å². The van der Waals surface area contributed by atoms with Gasteiger partial charge in [0, 0.05) is 35.1 Å². The van der Waals surface area contributed by atoms with Gasteiger partial charge in [0.05, 0.1) is 6.61 Å². The molecule has 0 amide bonds. The van der Waals surface area contributed by atoms with Crippen LogP contribution in [0.5, 0.6) is 5.75 Å². The SMILES string of the molecule is c1ccc2c(c1)OCCC2c1ncc(CNC2CC2)s1. The van der Waals surface area contributed by atoms with Crippen LogP contribution in [0.4, 0.5) is 0 Å². The third-order valence-electron chi connectivity index (χ3n) is 3.97. The minimum Gasteiger partial charge on any atom is -0.493 e. The molecule has 1 aliphatic carbocycles. The van der Waals surface area contributed by atoms with E-state index >= 15 is 0 Å². The van der Waals surface area contributed by atoms with Gasteiger partial charge in [0.1, 0.15) is 10.8 Å². The Morgan fingerprint density at radius 3 is 3.05 bits per heavy atom. The largest absolute Gasteiger partial charge is 0.493 e. The maximum atomic E-state index is 5.73. The van der Waals surface area contributed by atoms with E-state index in [1.54, 1.807) is 0 Å². The highest BCUT2D eigenvalue weighted by Gasteiger charge is 2.25. The Hall–Kier alpha value is -1.39. The lowest BCUT2D eigenvalue weighted by atomic mass is 9.94. The number of benzene rings is 1. The highest BCUT2D eigenvalue weighted by Crippen LogP contribution is 2.39. The van der Waals surface area contributed by atoms with Gasteiger partial charge in [-0.2, -0.15) is 0 Å². The van der Waals surface area contributed by atoms with Crippen molar-refractivity contribution in [2.75, 3.05) is 6.61 Å². The van der Waals surface area contributed by atoms with E-state index in [9.17, 15) is 0 Å². The van der Waals surface area contributed by atoms with Crippen LogP contribution in [-0.4, -0.2) is 17.6 Å². The van der Waals surface area contributed by atoms with Crippen molar-refractivity contribution in [3.63, 3.8) is 0 Å². The van der Waals surface area contributed by atoms with Crippen LogP contribution in [0.25, 0.3) is 0 Å². The number of nitrogens with zero attached hydrogens (tertiary/aromatic N) is 1. The molecule has 1 aromatic heterocycles. The first-order valence-electron chi connectivity index (χ1n) is 7.30. The van der Waals surface area contributed by atoms with Crippen LogP contribution in [0.3, 0.4) is 0 Å². The summed E-state index contributed by atoms with van der Waals surface area (Å²) in [6.45, 7) is 1.75. The third kappa shape index (κ3) is 2.45. The number of aromatic nitrogens is 1. The molecule has 2 heterocycles. The molecule has 2 aliphatic rings. The quantitative estimate of drug-likeness (QED) is 0.936. The van der Waals surface area contributed by atoms with Gasteiger partial charge in [-0.1, -0.05) is 18.2 Å². The van der Waals surface area contributed by atoms with Gasteiger partial charge in [0.25, 0.3) is 0 Å². The Morgan fingerprint density at radius 2 is 2.15 bits per heavy atom. The van der Waals surface area contributed by atoms with Gasteiger partial charge in [-0.15, -0.1) is 11.3 Å². The molecule has 1 atom stereocenters. The smallest absolute Gasteiger partial charge is 0.123 e. The minimum atomic E-state index is 0.402. The van der Waals surface area contributed by atoms with Gasteiger partial charge in [-0.05, 0) is 25.3 Å². The lowest BCUT2D eigenvalue weighted by Crippen LogP contribution is -2.15. The molecule has 0 radical (unpaired) electrons. The maximum absolute atomic E-state index is 5.73. The first-order chi connectivity index (χ1) is 9.90. The second kappa shape index (κ2) is 5.19. The topological polar surface area (TPSA) is 34.1 Å². The Bertz CT molecular complexity index is 606. The van der Waals surface area contributed by atoms with Gasteiger partial charge in [0.2, 0.25) is 0 Å². The first-order valence-corrected chi connectivity index (χ1v) is 8.11. The number of ether oxygens (including phenoxy) is 1. The van der Waals surface area contributed by atoms with E-state index < -0.39 is 0 Å². The van der Waals surface area contributed by atoms with E-state index in [-0.39, 0.29) is 0 Å². The van der Waals surface area contributed by atoms with Gasteiger partial charge in [-0.25, -0.2) is 4.98 Å². The summed E-state index contributed by atoms with van der Waals surface area (Å²) >= 11 is 1.84. The second-order valence-electron chi connectivity index (χ2n) is 5.55. The molecule has 1 aliphatic heterocycles. The lowest BCUT2D eigenvalue weighted by molar-refractivity contribution is 0.277. The van der Waals surface area contributed by atoms with E-state index in [0.717, 1.165) is 31.4 Å². The number of fused-ring (bicyclic) bond motifs is 1. The molecule has 1 aromatic carbocycles. The molecular weight excluding hydrogens is 268 g/mol. The number of rotatable bonds is 4. The predicted molar refractivity (Wildman–Crippen MR) is 80.4 cm³/mol. The summed E-state index contributed by atoms with van der Waals surface area (Å²) in [7, 11) is 0. The molecule has 1 saturated carbocycles. The van der Waals surface area contributed by atoms with E-state index in [0.29, 0.717) is 5.92 Å². The van der Waals surface area contributed by atoms with Crippen molar-refractivity contribution in [3.05, 3.63) is 45.9 Å². The monoisotopic (exact) mass is 286 g/mol. The standard InChI is InChI=1S/C16H18N2OS/c1-2-4-15-13(3-1)14(7-8-19-15)16-18-10-12(20-16)9-17-11-5-6-11/h1-4,10-11,14,17H,5-9H2. The molecule has 1 unspecified atom stereocenters. The van der Waals surface area contributed by atoms with E-state index in [4.69, 9.17) is 4.74 Å². The normalized spacial score (nSPS) is 21.3. The van der Waals surface area contributed by atoms with Crippen LogP contribution in [-0.2, 0) is 6.54 Å². The average Bonchev–Trinajstić information content (AvgIpc) is 3.21. The summed E-state index contributed by atoms with van der Waals surface area (Å²) in [5, 5.41) is 4.78. The van der Waals surface area contributed by atoms with Crippen molar-refractivity contribution in [2.45, 2.75) is 37.8 Å². The predicted octanol–water partition coefficient (Wildman–Crippen LogP) is 3.31. The van der Waals surface area contributed by atoms with Gasteiger partial charge >= 0.3 is 0 Å². The Balaban J connectivity index is 1.55. The highest BCUT2D eigenvalue weighted by atomic mass is 32.1. The molecule has 1 fully saturated rings. The summed E-state index contributed by atoms with van der Waals surface area (Å²) in [5.41, 5.74) is 1.29. The molecule has 20 heavy (non-hydrogen) atoms. The summed E-state index contributed by atoms with van der Waals surface area (Å²) < 4.78 is 5.73. The van der Waals surface area contributed by atoms with Crippen molar-refractivity contribution in [1.29, 1.82) is 0 Å². The molecule has 0 spiro atoms. The molecular formula is C16H18N2OS. The van der Waals surface area contributed by atoms with Gasteiger partial charge in [0.15, 0.2) is 0 Å². The van der Waals surface area contributed by atoms with Gasteiger partial charge < -0.3 is 10.1 Å². The number of hydrogen-bond donors (Lipinski definition) is 1. The number of thiazole rings is 1. The Labute approximate surface area is 123 Å². The molecule has 1 N–H and O–H groups in total. The van der Waals surface area contributed by atoms with Crippen molar-refractivity contribution in [1.82, 2.24) is 10.3 Å². The van der Waals surface area contributed by atoms with Crippen molar-refractivity contribution < 1.29 is 4.74 Å². The average molecular weight is 286 g/mol. The number of nitrogens with one attached hydrogen (secondary N) is 1. The number of para-hydroxylation sites is 1. The molecule has 3 nitrogen and oxygen atoms in total. The fraction of sp³-hybridized carbons (Fsp3) is 0.438. The molecule has 0 bridgehead atoms. The Kier molecular flexibility index (Phi) is 3.20. The number of hydrogen-bond acceptors (Lipinski definition) is 4. The van der Waals surface area contributed by atoms with Crippen LogP contribution in [0.1, 0.15) is 40.6 Å². The fourth-order valence-electron chi connectivity index (χ4n) is 2.70. The zero-order valence-electron chi connectivity index (χ0n) is 11.3. The van der Waals surface area contributed by atoms with Crippen LogP contribution in [0.2, 0.25) is 0 Å². The zero-order valence-corrected chi connectivity index (χ0v) is 12.2.